The number of likely N-dealkylation sites (tertiary alicyclic amines) is 1. The Bertz CT molecular complexity index is 1430. The molecule has 1 spiro atoms. The molecule has 3 fully saturated rings. The molecule has 3 aromatic rings. The molecule has 11 nitrogen and oxygen atoms in total. The van der Waals surface area contributed by atoms with E-state index in [1.165, 1.54) is 12.1 Å². The molecule has 0 radical (unpaired) electrons. The quantitative estimate of drug-likeness (QED) is 0.449. The van der Waals surface area contributed by atoms with Gasteiger partial charge in [0.1, 0.15) is 23.6 Å². The van der Waals surface area contributed by atoms with E-state index in [2.05, 4.69) is 20.6 Å². The summed E-state index contributed by atoms with van der Waals surface area (Å²) < 4.78 is 55.5. The second-order valence-electron chi connectivity index (χ2n) is 11.1. The second-order valence-corrected chi connectivity index (χ2v) is 11.1. The summed E-state index contributed by atoms with van der Waals surface area (Å²) in [6.07, 6.45) is 1.95. The van der Waals surface area contributed by atoms with Gasteiger partial charge < -0.3 is 29.6 Å². The van der Waals surface area contributed by atoms with Gasteiger partial charge in [-0.15, -0.1) is 0 Å². The molecule has 0 bridgehead atoms. The Morgan fingerprint density at radius 1 is 1.17 bits per heavy atom. The highest BCUT2D eigenvalue weighted by Crippen LogP contribution is 2.49. The molecule has 14 heteroatoms. The third kappa shape index (κ3) is 5.58. The summed E-state index contributed by atoms with van der Waals surface area (Å²) in [7, 11) is 1.86. The van der Waals surface area contributed by atoms with Crippen LogP contribution in [0.4, 0.5) is 23.7 Å². The van der Waals surface area contributed by atoms with Crippen molar-refractivity contribution in [2.75, 3.05) is 57.9 Å². The fourth-order valence-electron chi connectivity index (χ4n) is 6.04. The summed E-state index contributed by atoms with van der Waals surface area (Å²) in [4.78, 5) is 29.4. The number of ether oxygens (including phenoxy) is 2. The maximum absolute atomic E-state index is 13.7. The molecule has 3 aliphatic rings. The van der Waals surface area contributed by atoms with Crippen molar-refractivity contribution in [1.82, 2.24) is 29.3 Å². The lowest BCUT2D eigenvalue weighted by Gasteiger charge is -2.58. The van der Waals surface area contributed by atoms with E-state index < -0.39 is 17.8 Å². The van der Waals surface area contributed by atoms with Crippen LogP contribution in [0, 0.1) is 5.41 Å². The first-order valence-electron chi connectivity index (χ1n) is 13.6. The Morgan fingerprint density at radius 3 is 2.66 bits per heavy atom. The Kier molecular flexibility index (Phi) is 7.06. The van der Waals surface area contributed by atoms with Gasteiger partial charge in [0, 0.05) is 69.3 Å². The number of aryl methyl sites for hydroxylation is 1. The lowest BCUT2D eigenvalue weighted by Crippen LogP contribution is -2.67. The Labute approximate surface area is 234 Å². The van der Waals surface area contributed by atoms with Gasteiger partial charge in [0.15, 0.2) is 0 Å². The third-order valence-corrected chi connectivity index (χ3v) is 8.11. The van der Waals surface area contributed by atoms with Gasteiger partial charge in [0.05, 0.1) is 25.0 Å². The molecule has 6 rings (SSSR count). The highest BCUT2D eigenvalue weighted by molar-refractivity contribution is 6.00. The number of carbonyl (C=O) groups is 2. The van der Waals surface area contributed by atoms with Crippen LogP contribution in [0.2, 0.25) is 0 Å². The van der Waals surface area contributed by atoms with Crippen molar-refractivity contribution in [1.29, 1.82) is 0 Å². The molecule has 0 unspecified atom stereocenters. The number of imidazole rings is 1. The fourth-order valence-corrected chi connectivity index (χ4v) is 6.04. The number of urea groups is 1. The zero-order chi connectivity index (χ0) is 28.8. The predicted octanol–water partition coefficient (Wildman–Crippen LogP) is 2.83. The van der Waals surface area contributed by atoms with Crippen LogP contribution in [0.25, 0.3) is 5.65 Å². The van der Waals surface area contributed by atoms with E-state index in [1.807, 2.05) is 17.8 Å². The Hall–Kier alpha value is -3.78. The highest BCUT2D eigenvalue weighted by atomic mass is 19.4. The van der Waals surface area contributed by atoms with Crippen molar-refractivity contribution >= 4 is 23.3 Å². The van der Waals surface area contributed by atoms with Gasteiger partial charge in [-0.05, 0) is 31.0 Å². The molecule has 0 atom stereocenters. The number of halogens is 3. The van der Waals surface area contributed by atoms with Crippen LogP contribution in [0.1, 0.15) is 28.8 Å². The van der Waals surface area contributed by atoms with Crippen LogP contribution in [0.15, 0.2) is 36.8 Å². The number of morpholine rings is 1. The molecule has 2 N–H and O–H groups in total. The average molecular weight is 576 g/mol. The standard InChI is InChI=1S/C27H32F3N7O4/c1-34-4-5-37-23(34)20(15-31-37)24(38)36-16-26(17-36)13-19(14-26)33-25(39)32-18-2-3-22(21(12-18)27(28,29)30)41-11-8-35-6-9-40-10-7-35/h2-5,12,15,19H,6-11,13-14,16-17H2,1H3,(H2,32,33,39). The Morgan fingerprint density at radius 2 is 1.93 bits per heavy atom. The van der Waals surface area contributed by atoms with Crippen LogP contribution in [-0.4, -0.2) is 94.5 Å². The molecule has 220 valence electrons. The first kappa shape index (κ1) is 27.4. The van der Waals surface area contributed by atoms with Crippen LogP contribution in [-0.2, 0) is 18.0 Å². The first-order chi connectivity index (χ1) is 19.6. The van der Waals surface area contributed by atoms with Gasteiger partial charge in [-0.1, -0.05) is 0 Å². The van der Waals surface area contributed by atoms with Gasteiger partial charge in [0.25, 0.3) is 5.91 Å². The molecule has 1 saturated carbocycles. The number of amides is 3. The van der Waals surface area contributed by atoms with E-state index in [9.17, 15) is 22.8 Å². The summed E-state index contributed by atoms with van der Waals surface area (Å²) >= 11 is 0. The second kappa shape index (κ2) is 10.6. The fraction of sp³-hybridized carbons (Fsp3) is 0.519. The predicted molar refractivity (Wildman–Crippen MR) is 142 cm³/mol. The van der Waals surface area contributed by atoms with Crippen molar-refractivity contribution in [2.24, 2.45) is 12.5 Å². The summed E-state index contributed by atoms with van der Waals surface area (Å²) in [5.41, 5.74) is 0.329. The minimum atomic E-state index is -4.64. The maximum Gasteiger partial charge on any atom is 0.420 e. The molecule has 2 aliphatic heterocycles. The highest BCUT2D eigenvalue weighted by Gasteiger charge is 2.54. The molecule has 1 aromatic carbocycles. The van der Waals surface area contributed by atoms with E-state index >= 15 is 0 Å². The Balaban J connectivity index is 0.981. The van der Waals surface area contributed by atoms with Crippen molar-refractivity contribution in [2.45, 2.75) is 25.1 Å². The lowest BCUT2D eigenvalue weighted by molar-refractivity contribution is -0.139. The molecule has 2 aromatic heterocycles. The van der Waals surface area contributed by atoms with Gasteiger partial charge in [-0.2, -0.15) is 18.3 Å². The number of anilines is 1. The first-order valence-corrected chi connectivity index (χ1v) is 13.6. The molecular weight excluding hydrogens is 543 g/mol. The minimum absolute atomic E-state index is 0.0259. The van der Waals surface area contributed by atoms with E-state index in [0.29, 0.717) is 51.3 Å². The molecular formula is C27H32F3N7O4. The zero-order valence-corrected chi connectivity index (χ0v) is 22.6. The molecule has 4 heterocycles. The SMILES string of the molecule is Cn1ccn2ncc(C(=O)N3CC4(CC(NC(=O)Nc5ccc(OCCN6CCOCC6)c(C(F)(F)F)c5)C4)C3)c12. The smallest absolute Gasteiger partial charge is 0.420 e. The topological polar surface area (TPSA) is 105 Å². The van der Waals surface area contributed by atoms with Crippen molar-refractivity contribution in [3.63, 3.8) is 0 Å². The number of hydrogen-bond donors (Lipinski definition) is 2. The third-order valence-electron chi connectivity index (χ3n) is 8.11. The van der Waals surface area contributed by atoms with E-state index in [1.54, 1.807) is 21.8 Å². The summed E-state index contributed by atoms with van der Waals surface area (Å²) in [5, 5.41) is 9.57. The lowest BCUT2D eigenvalue weighted by atomic mass is 9.60. The average Bonchev–Trinajstić information content (AvgIpc) is 3.48. The summed E-state index contributed by atoms with van der Waals surface area (Å²) in [5.74, 6) is -0.346. The number of nitrogens with one attached hydrogen (secondary N) is 2. The van der Waals surface area contributed by atoms with Crippen LogP contribution < -0.4 is 15.4 Å². The minimum Gasteiger partial charge on any atom is -0.492 e. The van der Waals surface area contributed by atoms with Gasteiger partial charge in [0.2, 0.25) is 0 Å². The largest absolute Gasteiger partial charge is 0.492 e. The van der Waals surface area contributed by atoms with Crippen molar-refractivity contribution < 1.29 is 32.2 Å². The van der Waals surface area contributed by atoms with Crippen molar-refractivity contribution in [3.8, 4) is 5.75 Å². The normalized spacial score (nSPS) is 19.2. The van der Waals surface area contributed by atoms with E-state index in [4.69, 9.17) is 9.47 Å². The number of carbonyl (C=O) groups excluding carboxylic acids is 2. The number of rotatable bonds is 7. The van der Waals surface area contributed by atoms with Gasteiger partial charge >= 0.3 is 12.2 Å². The number of alkyl halides is 3. The molecule has 3 amide bonds. The van der Waals surface area contributed by atoms with Crippen LogP contribution in [0.3, 0.4) is 0 Å². The van der Waals surface area contributed by atoms with E-state index in [-0.39, 0.29) is 35.4 Å². The molecule has 41 heavy (non-hydrogen) atoms. The number of hydrogen-bond acceptors (Lipinski definition) is 6. The number of fused-ring (bicyclic) bond motifs is 1. The summed E-state index contributed by atoms with van der Waals surface area (Å²) in [6.45, 7) is 4.43. The van der Waals surface area contributed by atoms with Gasteiger partial charge in [-0.3, -0.25) is 9.69 Å². The zero-order valence-electron chi connectivity index (χ0n) is 22.6. The van der Waals surface area contributed by atoms with Crippen LogP contribution >= 0.6 is 0 Å². The molecule has 1 aliphatic carbocycles. The van der Waals surface area contributed by atoms with E-state index in [0.717, 1.165) is 24.8 Å². The number of aromatic nitrogens is 3. The van der Waals surface area contributed by atoms with Crippen molar-refractivity contribution in [3.05, 3.63) is 47.9 Å². The molecule has 2 saturated heterocycles. The number of nitrogens with zero attached hydrogens (tertiary/aromatic N) is 5. The summed E-state index contributed by atoms with van der Waals surface area (Å²) in [6, 6.07) is 2.84. The van der Waals surface area contributed by atoms with Gasteiger partial charge in [-0.25, -0.2) is 9.31 Å². The van der Waals surface area contributed by atoms with Crippen LogP contribution in [0.5, 0.6) is 5.75 Å². The maximum atomic E-state index is 13.7. The monoisotopic (exact) mass is 575 g/mol. The number of benzene rings is 1.